The van der Waals surface area contributed by atoms with Crippen molar-refractivity contribution in [3.05, 3.63) is 48.5 Å². The Kier molecular flexibility index (Phi) is 3.31. The van der Waals surface area contributed by atoms with Crippen LogP contribution in [0.25, 0.3) is 21.8 Å². The third-order valence-corrected chi connectivity index (χ3v) is 3.56. The predicted molar refractivity (Wildman–Crippen MR) is 79.7 cm³/mol. The van der Waals surface area contributed by atoms with Crippen LogP contribution >= 0.6 is 9.47 Å². The van der Waals surface area contributed by atoms with Gasteiger partial charge in [-0.05, 0) is 18.6 Å². The van der Waals surface area contributed by atoms with Crippen molar-refractivity contribution in [3.63, 3.8) is 0 Å². The smallest absolute Gasteiger partial charge is 0.0518 e. The quantitative estimate of drug-likeness (QED) is 0.509. The second-order valence-corrected chi connectivity index (χ2v) is 4.74. The van der Waals surface area contributed by atoms with Crippen molar-refractivity contribution in [1.82, 2.24) is 4.57 Å². The maximum atomic E-state index is 5.07. The van der Waals surface area contributed by atoms with Crippen LogP contribution in [0.5, 0.6) is 0 Å². The van der Waals surface area contributed by atoms with Crippen LogP contribution in [-0.4, -0.2) is 11.2 Å². The minimum Gasteiger partial charge on any atom is -0.366 e. The van der Waals surface area contributed by atoms with Gasteiger partial charge in [-0.2, -0.15) is 0 Å². The lowest BCUT2D eigenvalue weighted by Gasteiger charge is -2.06. The van der Waals surface area contributed by atoms with Gasteiger partial charge in [0.25, 0.3) is 0 Å². The molecule has 0 bridgehead atoms. The van der Waals surface area contributed by atoms with Crippen molar-refractivity contribution in [2.75, 3.05) is 6.61 Å². The Balaban J connectivity index is 2.18. The number of hydrogen-bond acceptors (Lipinski definition) is 1. The third kappa shape index (κ3) is 1.92. The van der Waals surface area contributed by atoms with Gasteiger partial charge in [0.15, 0.2) is 0 Å². The molecule has 1 aromatic heterocycles. The van der Waals surface area contributed by atoms with Crippen LogP contribution in [0.3, 0.4) is 0 Å². The number of aryl methyl sites for hydroxylation is 1. The first-order valence-electron chi connectivity index (χ1n) is 6.19. The van der Waals surface area contributed by atoms with Gasteiger partial charge in [-0.25, -0.2) is 0 Å². The van der Waals surface area contributed by atoms with E-state index in [1.54, 1.807) is 0 Å². The molecule has 1 heterocycles. The van der Waals surface area contributed by atoms with Gasteiger partial charge in [0.05, 0.1) is 6.61 Å². The lowest BCUT2D eigenvalue weighted by Crippen LogP contribution is -1.99. The molecule has 0 aliphatic heterocycles. The molecule has 2 nitrogen and oxygen atoms in total. The topological polar surface area (TPSA) is 14.2 Å². The summed E-state index contributed by atoms with van der Waals surface area (Å²) in [5.41, 5.74) is 2.62. The maximum absolute atomic E-state index is 5.07. The van der Waals surface area contributed by atoms with E-state index >= 15 is 0 Å². The zero-order chi connectivity index (χ0) is 12.4. The number of rotatable bonds is 4. The summed E-state index contributed by atoms with van der Waals surface area (Å²) < 4.78 is 7.45. The molecular weight excluding hydrogens is 241 g/mol. The minimum absolute atomic E-state index is 0.769. The van der Waals surface area contributed by atoms with Crippen molar-refractivity contribution in [1.29, 1.82) is 0 Å². The average Bonchev–Trinajstić information content (AvgIpc) is 2.74. The highest BCUT2D eigenvalue weighted by molar-refractivity contribution is 7.09. The number of aromatic nitrogens is 1. The Hall–Kier alpha value is -1.37. The summed E-state index contributed by atoms with van der Waals surface area (Å²) in [7, 11) is 2.31. The molecule has 0 saturated carbocycles. The third-order valence-electron chi connectivity index (χ3n) is 3.32. The maximum Gasteiger partial charge on any atom is 0.0518 e. The van der Waals surface area contributed by atoms with E-state index in [1.165, 1.54) is 21.8 Å². The number of hydrogen-bond donors (Lipinski definition) is 0. The molecule has 3 heteroatoms. The first-order valence-corrected chi connectivity index (χ1v) is 6.66. The minimum atomic E-state index is 0.769. The van der Waals surface area contributed by atoms with Gasteiger partial charge in [-0.3, -0.25) is 0 Å². The van der Waals surface area contributed by atoms with Crippen LogP contribution < -0.4 is 0 Å². The first kappa shape index (κ1) is 11.7. The number of para-hydroxylation sites is 2. The number of nitrogens with zero attached hydrogens (tertiary/aromatic N) is 1. The Morgan fingerprint density at radius 2 is 1.44 bits per heavy atom. The highest BCUT2D eigenvalue weighted by atomic mass is 31.0. The molecule has 0 radical (unpaired) electrons. The van der Waals surface area contributed by atoms with E-state index in [4.69, 9.17) is 4.52 Å². The molecule has 0 fully saturated rings. The van der Waals surface area contributed by atoms with Crippen LogP contribution in [0.4, 0.5) is 0 Å². The molecule has 0 N–H and O–H groups in total. The molecular formula is C15H16NOP. The summed E-state index contributed by atoms with van der Waals surface area (Å²) in [6, 6.07) is 17.2. The second-order valence-electron chi connectivity index (χ2n) is 4.41. The van der Waals surface area contributed by atoms with Gasteiger partial charge in [0.1, 0.15) is 0 Å². The molecule has 2 aromatic carbocycles. The summed E-state index contributed by atoms with van der Waals surface area (Å²) in [5, 5.41) is 2.67. The Morgan fingerprint density at radius 3 is 2.00 bits per heavy atom. The monoisotopic (exact) mass is 257 g/mol. The van der Waals surface area contributed by atoms with Crippen molar-refractivity contribution in [2.45, 2.75) is 13.0 Å². The highest BCUT2D eigenvalue weighted by Crippen LogP contribution is 2.28. The van der Waals surface area contributed by atoms with Crippen LogP contribution in [0, 0.1) is 0 Å². The Bertz CT molecular complexity index is 621. The zero-order valence-corrected chi connectivity index (χ0v) is 11.3. The lowest BCUT2D eigenvalue weighted by molar-refractivity contribution is 0.352. The van der Waals surface area contributed by atoms with E-state index in [9.17, 15) is 0 Å². The normalized spacial score (nSPS) is 11.4. The molecule has 0 amide bonds. The van der Waals surface area contributed by atoms with E-state index in [0.29, 0.717) is 0 Å². The Labute approximate surface area is 109 Å². The molecule has 3 rings (SSSR count). The molecule has 92 valence electrons. The van der Waals surface area contributed by atoms with Crippen molar-refractivity contribution < 1.29 is 4.52 Å². The van der Waals surface area contributed by atoms with Crippen LogP contribution in [-0.2, 0) is 11.1 Å². The standard InChI is InChI=1S/C15H16NOP/c18-17-11-5-10-16-14-8-3-1-6-12(14)13-7-2-4-9-15(13)16/h1-4,6-9H,5,10-11,18H2. The summed E-state index contributed by atoms with van der Waals surface area (Å²) in [5.74, 6) is 0. The summed E-state index contributed by atoms with van der Waals surface area (Å²) in [6.45, 7) is 1.76. The number of benzene rings is 2. The average molecular weight is 257 g/mol. The molecule has 0 aliphatic rings. The molecule has 0 aliphatic carbocycles. The van der Waals surface area contributed by atoms with Crippen molar-refractivity contribution >= 4 is 31.3 Å². The van der Waals surface area contributed by atoms with E-state index < -0.39 is 0 Å². The fourth-order valence-corrected chi connectivity index (χ4v) is 2.72. The second kappa shape index (κ2) is 5.09. The highest BCUT2D eigenvalue weighted by Gasteiger charge is 2.08. The zero-order valence-electron chi connectivity index (χ0n) is 10.2. The molecule has 0 saturated heterocycles. The molecule has 1 unspecified atom stereocenters. The van der Waals surface area contributed by atoms with Gasteiger partial charge in [0, 0.05) is 37.8 Å². The van der Waals surface area contributed by atoms with Crippen LogP contribution in [0.15, 0.2) is 48.5 Å². The van der Waals surface area contributed by atoms with Crippen molar-refractivity contribution in [2.24, 2.45) is 0 Å². The van der Waals surface area contributed by atoms with E-state index in [0.717, 1.165) is 19.6 Å². The SMILES string of the molecule is POCCCn1c2ccccc2c2ccccc21. The first-order chi connectivity index (χ1) is 8.92. The van der Waals surface area contributed by atoms with Crippen molar-refractivity contribution in [3.8, 4) is 0 Å². The molecule has 18 heavy (non-hydrogen) atoms. The van der Waals surface area contributed by atoms with E-state index in [1.807, 2.05) is 0 Å². The molecule has 3 aromatic rings. The summed E-state index contributed by atoms with van der Waals surface area (Å²) in [4.78, 5) is 0. The predicted octanol–water partition coefficient (Wildman–Crippen LogP) is 3.99. The van der Waals surface area contributed by atoms with E-state index in [-0.39, 0.29) is 0 Å². The van der Waals surface area contributed by atoms with E-state index in [2.05, 4.69) is 62.6 Å². The van der Waals surface area contributed by atoms with Gasteiger partial charge >= 0.3 is 0 Å². The van der Waals surface area contributed by atoms with Gasteiger partial charge < -0.3 is 9.09 Å². The van der Waals surface area contributed by atoms with Gasteiger partial charge in [-0.15, -0.1) is 0 Å². The fourth-order valence-electron chi connectivity index (χ4n) is 2.55. The number of fused-ring (bicyclic) bond motifs is 3. The summed E-state index contributed by atoms with van der Waals surface area (Å²) >= 11 is 0. The van der Waals surface area contributed by atoms with Crippen LogP contribution in [0.1, 0.15) is 6.42 Å². The largest absolute Gasteiger partial charge is 0.366 e. The molecule has 0 spiro atoms. The summed E-state index contributed by atoms with van der Waals surface area (Å²) in [6.07, 6.45) is 1.02. The molecule has 1 atom stereocenters. The van der Waals surface area contributed by atoms with Crippen LogP contribution in [0.2, 0.25) is 0 Å². The Morgan fingerprint density at radius 1 is 0.889 bits per heavy atom. The van der Waals surface area contributed by atoms with Gasteiger partial charge in [0.2, 0.25) is 0 Å². The lowest BCUT2D eigenvalue weighted by atomic mass is 10.2. The fraction of sp³-hybridized carbons (Fsp3) is 0.200. The van der Waals surface area contributed by atoms with Gasteiger partial charge in [-0.1, -0.05) is 36.4 Å².